The van der Waals surface area contributed by atoms with E-state index < -0.39 is 0 Å². The minimum atomic E-state index is -0.327. The van der Waals surface area contributed by atoms with Crippen LogP contribution in [0.5, 0.6) is 0 Å². The molecule has 2 aromatic heterocycles. The third kappa shape index (κ3) is 1.89. The lowest BCUT2D eigenvalue weighted by Crippen LogP contribution is -2.11. The number of hydrogen-bond acceptors (Lipinski definition) is 5. The lowest BCUT2D eigenvalue weighted by molar-refractivity contribution is 0.148. The van der Waals surface area contributed by atoms with E-state index in [1.54, 1.807) is 11.3 Å². The van der Waals surface area contributed by atoms with Gasteiger partial charge in [-0.15, -0.1) is 0 Å². The fraction of sp³-hybridized carbons (Fsp3) is 0.500. The fourth-order valence-corrected chi connectivity index (χ4v) is 3.14. The van der Waals surface area contributed by atoms with Gasteiger partial charge >= 0.3 is 0 Å². The predicted molar refractivity (Wildman–Crippen MR) is 64.9 cm³/mol. The largest absolute Gasteiger partial charge is 0.392 e. The fourth-order valence-electron chi connectivity index (χ4n) is 2.31. The van der Waals surface area contributed by atoms with E-state index in [4.69, 9.17) is 4.52 Å². The van der Waals surface area contributed by atoms with Crippen LogP contribution in [0.3, 0.4) is 0 Å². The average Bonchev–Trinajstić information content (AvgIpc) is 2.97. The first kappa shape index (κ1) is 10.9. The van der Waals surface area contributed by atoms with Gasteiger partial charge in [-0.1, -0.05) is 5.16 Å². The van der Waals surface area contributed by atoms with Crippen LogP contribution < -0.4 is 0 Å². The maximum atomic E-state index is 9.81. The zero-order valence-electron chi connectivity index (χ0n) is 9.59. The van der Waals surface area contributed by atoms with Crippen LogP contribution in [0.2, 0.25) is 0 Å². The molecule has 90 valence electrons. The first-order chi connectivity index (χ1) is 8.25. The Morgan fingerprint density at radius 1 is 1.41 bits per heavy atom. The van der Waals surface area contributed by atoms with Crippen LogP contribution in [-0.2, 0) is 0 Å². The molecule has 5 heteroatoms. The molecule has 0 aliphatic heterocycles. The van der Waals surface area contributed by atoms with Gasteiger partial charge in [0.1, 0.15) is 0 Å². The van der Waals surface area contributed by atoms with E-state index in [0.717, 1.165) is 30.4 Å². The SMILES string of the molecule is Cc1cscc1-c1noc(C2CCCC2O)n1. The predicted octanol–water partition coefficient (Wildman–Crippen LogP) is 2.73. The number of thiophene rings is 1. The van der Waals surface area contributed by atoms with E-state index in [1.165, 1.54) is 0 Å². The van der Waals surface area contributed by atoms with E-state index >= 15 is 0 Å². The molecule has 1 aliphatic carbocycles. The minimum Gasteiger partial charge on any atom is -0.392 e. The van der Waals surface area contributed by atoms with Gasteiger partial charge < -0.3 is 9.63 Å². The molecule has 0 spiro atoms. The molecule has 3 rings (SSSR count). The molecule has 2 unspecified atom stereocenters. The minimum absolute atomic E-state index is 0.0233. The summed E-state index contributed by atoms with van der Waals surface area (Å²) in [4.78, 5) is 4.41. The molecule has 0 saturated heterocycles. The monoisotopic (exact) mass is 250 g/mol. The van der Waals surface area contributed by atoms with Crippen molar-refractivity contribution in [2.24, 2.45) is 0 Å². The molecule has 2 atom stereocenters. The zero-order valence-corrected chi connectivity index (χ0v) is 10.4. The Morgan fingerprint density at radius 3 is 2.94 bits per heavy atom. The van der Waals surface area contributed by atoms with Gasteiger partial charge in [-0.2, -0.15) is 16.3 Å². The van der Waals surface area contributed by atoms with Crippen LogP contribution in [0.4, 0.5) is 0 Å². The molecule has 2 aromatic rings. The maximum absolute atomic E-state index is 9.81. The molecule has 1 N–H and O–H groups in total. The first-order valence-corrected chi connectivity index (χ1v) is 6.75. The van der Waals surface area contributed by atoms with Gasteiger partial charge in [0.15, 0.2) is 0 Å². The first-order valence-electron chi connectivity index (χ1n) is 5.80. The van der Waals surface area contributed by atoms with Crippen LogP contribution in [0.15, 0.2) is 15.3 Å². The van der Waals surface area contributed by atoms with E-state index in [0.29, 0.717) is 11.7 Å². The summed E-state index contributed by atoms with van der Waals surface area (Å²) in [5.74, 6) is 1.24. The molecule has 2 heterocycles. The van der Waals surface area contributed by atoms with Crippen LogP contribution in [-0.4, -0.2) is 21.4 Å². The van der Waals surface area contributed by atoms with Gasteiger partial charge in [-0.25, -0.2) is 0 Å². The number of aliphatic hydroxyl groups is 1. The van der Waals surface area contributed by atoms with Crippen LogP contribution >= 0.6 is 11.3 Å². The van der Waals surface area contributed by atoms with Crippen molar-refractivity contribution in [3.05, 3.63) is 22.2 Å². The highest BCUT2D eigenvalue weighted by atomic mass is 32.1. The molecule has 1 fully saturated rings. The zero-order chi connectivity index (χ0) is 11.8. The normalized spacial score (nSPS) is 24.4. The maximum Gasteiger partial charge on any atom is 0.232 e. The van der Waals surface area contributed by atoms with Gasteiger partial charge in [0.25, 0.3) is 0 Å². The van der Waals surface area contributed by atoms with E-state index in [2.05, 4.69) is 15.5 Å². The molecule has 0 radical (unpaired) electrons. The van der Waals surface area contributed by atoms with Crippen molar-refractivity contribution in [2.45, 2.75) is 38.2 Å². The molecule has 17 heavy (non-hydrogen) atoms. The Balaban J connectivity index is 1.90. The second-order valence-corrected chi connectivity index (χ2v) is 5.27. The summed E-state index contributed by atoms with van der Waals surface area (Å²) < 4.78 is 5.28. The second-order valence-electron chi connectivity index (χ2n) is 4.53. The Labute approximate surface area is 103 Å². The summed E-state index contributed by atoms with van der Waals surface area (Å²) in [7, 11) is 0. The van der Waals surface area contributed by atoms with Crippen molar-refractivity contribution in [1.29, 1.82) is 0 Å². The summed E-state index contributed by atoms with van der Waals surface area (Å²) in [5, 5.41) is 17.9. The quantitative estimate of drug-likeness (QED) is 0.890. The highest BCUT2D eigenvalue weighted by molar-refractivity contribution is 7.08. The second kappa shape index (κ2) is 4.23. The molecule has 0 bridgehead atoms. The van der Waals surface area contributed by atoms with Gasteiger partial charge in [-0.3, -0.25) is 0 Å². The number of nitrogens with zero attached hydrogens (tertiary/aromatic N) is 2. The summed E-state index contributed by atoms with van der Waals surface area (Å²) >= 11 is 1.63. The molecule has 0 amide bonds. The third-order valence-electron chi connectivity index (χ3n) is 3.33. The summed E-state index contributed by atoms with van der Waals surface area (Å²) in [6, 6.07) is 0. The van der Waals surface area contributed by atoms with Crippen molar-refractivity contribution >= 4 is 11.3 Å². The highest BCUT2D eigenvalue weighted by Crippen LogP contribution is 2.35. The molecule has 0 aromatic carbocycles. The Hall–Kier alpha value is -1.20. The summed E-state index contributed by atoms with van der Waals surface area (Å²) in [5.41, 5.74) is 2.19. The number of rotatable bonds is 2. The number of hydrogen-bond donors (Lipinski definition) is 1. The lowest BCUT2D eigenvalue weighted by Gasteiger charge is -2.07. The topological polar surface area (TPSA) is 59.2 Å². The van der Waals surface area contributed by atoms with Gasteiger partial charge in [0, 0.05) is 10.9 Å². The smallest absolute Gasteiger partial charge is 0.232 e. The Morgan fingerprint density at radius 2 is 2.29 bits per heavy atom. The van der Waals surface area contributed by atoms with E-state index in [1.807, 2.05) is 12.3 Å². The number of aliphatic hydroxyl groups excluding tert-OH is 1. The van der Waals surface area contributed by atoms with E-state index in [9.17, 15) is 5.11 Å². The lowest BCUT2D eigenvalue weighted by atomic mass is 10.1. The van der Waals surface area contributed by atoms with Crippen LogP contribution in [0, 0.1) is 6.92 Å². The summed E-state index contributed by atoms with van der Waals surface area (Å²) in [6.07, 6.45) is 2.47. The average molecular weight is 250 g/mol. The van der Waals surface area contributed by atoms with Gasteiger partial charge in [0.2, 0.25) is 11.7 Å². The molecule has 1 saturated carbocycles. The summed E-state index contributed by atoms with van der Waals surface area (Å²) in [6.45, 7) is 2.03. The molecule has 4 nitrogen and oxygen atoms in total. The number of aromatic nitrogens is 2. The Kier molecular flexibility index (Phi) is 2.72. The van der Waals surface area contributed by atoms with Crippen molar-refractivity contribution in [2.75, 3.05) is 0 Å². The third-order valence-corrected chi connectivity index (χ3v) is 4.20. The molecular weight excluding hydrogens is 236 g/mol. The van der Waals surface area contributed by atoms with E-state index in [-0.39, 0.29) is 12.0 Å². The number of aryl methyl sites for hydroxylation is 1. The van der Waals surface area contributed by atoms with Crippen LogP contribution in [0.25, 0.3) is 11.4 Å². The Bertz CT molecular complexity index is 520. The standard InChI is InChI=1S/C12H14N2O2S/c1-7-5-17-6-9(7)11-13-12(16-14-11)8-3-2-4-10(8)15/h5-6,8,10,15H,2-4H2,1H3. The van der Waals surface area contributed by atoms with Crippen LogP contribution in [0.1, 0.15) is 36.6 Å². The molecule has 1 aliphatic rings. The van der Waals surface area contributed by atoms with Crippen molar-refractivity contribution in [1.82, 2.24) is 10.1 Å². The van der Waals surface area contributed by atoms with Gasteiger partial charge in [-0.05, 0) is 37.1 Å². The highest BCUT2D eigenvalue weighted by Gasteiger charge is 2.31. The van der Waals surface area contributed by atoms with Crippen molar-refractivity contribution in [3.63, 3.8) is 0 Å². The van der Waals surface area contributed by atoms with Crippen molar-refractivity contribution < 1.29 is 9.63 Å². The van der Waals surface area contributed by atoms with Crippen molar-refractivity contribution in [3.8, 4) is 11.4 Å². The van der Waals surface area contributed by atoms with Gasteiger partial charge in [0.05, 0.1) is 12.0 Å². The molecular formula is C12H14N2O2S.